The van der Waals surface area contributed by atoms with Gasteiger partial charge in [0.25, 0.3) is 0 Å². The molecule has 0 radical (unpaired) electrons. The van der Waals surface area contributed by atoms with Crippen molar-refractivity contribution >= 4 is 6.08 Å². The SMILES string of the molecule is C=Cc1ccc(CN2CCC[C@H]2CO)cc1. The fourth-order valence-corrected chi connectivity index (χ4v) is 2.30. The van der Waals surface area contributed by atoms with E-state index in [9.17, 15) is 5.11 Å². The summed E-state index contributed by atoms with van der Waals surface area (Å²) < 4.78 is 0. The minimum atomic E-state index is 0.282. The van der Waals surface area contributed by atoms with E-state index in [2.05, 4.69) is 35.7 Å². The highest BCUT2D eigenvalue weighted by Crippen LogP contribution is 2.19. The summed E-state index contributed by atoms with van der Waals surface area (Å²) >= 11 is 0. The van der Waals surface area contributed by atoms with Gasteiger partial charge in [-0.2, -0.15) is 0 Å². The van der Waals surface area contributed by atoms with Crippen LogP contribution in [-0.2, 0) is 6.54 Å². The average molecular weight is 217 g/mol. The molecule has 0 spiro atoms. The predicted molar refractivity (Wildman–Crippen MR) is 67.1 cm³/mol. The number of aliphatic hydroxyl groups is 1. The molecule has 16 heavy (non-hydrogen) atoms. The molecule has 1 fully saturated rings. The average Bonchev–Trinajstić information content (AvgIpc) is 2.77. The Morgan fingerprint density at radius 1 is 1.38 bits per heavy atom. The molecule has 2 heteroatoms. The monoisotopic (exact) mass is 217 g/mol. The Kier molecular flexibility index (Phi) is 3.75. The molecule has 1 atom stereocenters. The standard InChI is InChI=1S/C14H19NO/c1-2-12-5-7-13(8-6-12)10-15-9-3-4-14(15)11-16/h2,5-8,14,16H,1,3-4,9-11H2/t14-/m0/s1. The van der Waals surface area contributed by atoms with Crippen molar-refractivity contribution in [2.24, 2.45) is 0 Å². The van der Waals surface area contributed by atoms with Crippen LogP contribution >= 0.6 is 0 Å². The van der Waals surface area contributed by atoms with Gasteiger partial charge in [-0.1, -0.05) is 36.9 Å². The van der Waals surface area contributed by atoms with E-state index in [0.717, 1.165) is 25.1 Å². The first-order valence-electron chi connectivity index (χ1n) is 5.90. The van der Waals surface area contributed by atoms with Crippen LogP contribution in [0.2, 0.25) is 0 Å². The van der Waals surface area contributed by atoms with Gasteiger partial charge in [-0.05, 0) is 30.5 Å². The molecule has 0 amide bonds. The van der Waals surface area contributed by atoms with Gasteiger partial charge in [-0.3, -0.25) is 4.90 Å². The highest BCUT2D eigenvalue weighted by Gasteiger charge is 2.23. The lowest BCUT2D eigenvalue weighted by Crippen LogP contribution is -2.31. The van der Waals surface area contributed by atoms with Gasteiger partial charge in [0.2, 0.25) is 0 Å². The highest BCUT2D eigenvalue weighted by atomic mass is 16.3. The van der Waals surface area contributed by atoms with Gasteiger partial charge in [-0.25, -0.2) is 0 Å². The minimum Gasteiger partial charge on any atom is -0.395 e. The fourth-order valence-electron chi connectivity index (χ4n) is 2.30. The quantitative estimate of drug-likeness (QED) is 0.836. The Balaban J connectivity index is 2.00. The molecule has 2 rings (SSSR count). The maximum Gasteiger partial charge on any atom is 0.0587 e. The van der Waals surface area contributed by atoms with E-state index in [-0.39, 0.29) is 6.61 Å². The predicted octanol–water partition coefficient (Wildman–Crippen LogP) is 2.29. The normalized spacial score (nSPS) is 21.2. The van der Waals surface area contributed by atoms with Crippen LogP contribution in [-0.4, -0.2) is 29.2 Å². The molecule has 0 saturated carbocycles. The van der Waals surface area contributed by atoms with Crippen LogP contribution in [0.5, 0.6) is 0 Å². The second-order valence-corrected chi connectivity index (χ2v) is 4.39. The first-order valence-corrected chi connectivity index (χ1v) is 5.90. The zero-order valence-corrected chi connectivity index (χ0v) is 9.60. The van der Waals surface area contributed by atoms with E-state index in [0.29, 0.717) is 6.04 Å². The number of hydrogen-bond donors (Lipinski definition) is 1. The number of rotatable bonds is 4. The van der Waals surface area contributed by atoms with Crippen molar-refractivity contribution in [3.63, 3.8) is 0 Å². The number of benzene rings is 1. The minimum absolute atomic E-state index is 0.282. The van der Waals surface area contributed by atoms with Gasteiger partial charge in [0, 0.05) is 12.6 Å². The molecule has 1 N–H and O–H groups in total. The molecular weight excluding hydrogens is 198 g/mol. The molecule has 1 aromatic carbocycles. The fraction of sp³-hybridized carbons (Fsp3) is 0.429. The van der Waals surface area contributed by atoms with Crippen LogP contribution in [0.25, 0.3) is 6.08 Å². The summed E-state index contributed by atoms with van der Waals surface area (Å²) in [6, 6.07) is 8.82. The zero-order chi connectivity index (χ0) is 11.4. The van der Waals surface area contributed by atoms with E-state index >= 15 is 0 Å². The summed E-state index contributed by atoms with van der Waals surface area (Å²) in [6.07, 6.45) is 4.19. The Hall–Kier alpha value is -1.12. The van der Waals surface area contributed by atoms with Crippen molar-refractivity contribution in [1.29, 1.82) is 0 Å². The smallest absolute Gasteiger partial charge is 0.0587 e. The third-order valence-electron chi connectivity index (χ3n) is 3.31. The third-order valence-corrected chi connectivity index (χ3v) is 3.31. The molecule has 1 saturated heterocycles. The summed E-state index contributed by atoms with van der Waals surface area (Å²) in [7, 11) is 0. The summed E-state index contributed by atoms with van der Waals surface area (Å²) in [6.45, 7) is 6.08. The molecule has 0 aromatic heterocycles. The highest BCUT2D eigenvalue weighted by molar-refractivity contribution is 5.47. The van der Waals surface area contributed by atoms with Crippen LogP contribution in [0.4, 0.5) is 0 Å². The second kappa shape index (κ2) is 5.28. The summed E-state index contributed by atoms with van der Waals surface area (Å²) in [4.78, 5) is 2.36. The maximum atomic E-state index is 9.24. The Morgan fingerprint density at radius 2 is 2.12 bits per heavy atom. The topological polar surface area (TPSA) is 23.5 Å². The lowest BCUT2D eigenvalue weighted by atomic mass is 10.1. The van der Waals surface area contributed by atoms with Crippen LogP contribution < -0.4 is 0 Å². The third kappa shape index (κ3) is 2.52. The summed E-state index contributed by atoms with van der Waals surface area (Å²) in [5.41, 5.74) is 2.47. The van der Waals surface area contributed by atoms with E-state index in [1.807, 2.05) is 6.08 Å². The van der Waals surface area contributed by atoms with Crippen molar-refractivity contribution in [2.75, 3.05) is 13.2 Å². The van der Waals surface area contributed by atoms with Crippen LogP contribution in [0.15, 0.2) is 30.8 Å². The van der Waals surface area contributed by atoms with Crippen LogP contribution in [0.3, 0.4) is 0 Å². The number of hydrogen-bond acceptors (Lipinski definition) is 2. The summed E-state index contributed by atoms with van der Waals surface area (Å²) in [5.74, 6) is 0. The van der Waals surface area contributed by atoms with E-state index in [4.69, 9.17) is 0 Å². The van der Waals surface area contributed by atoms with Crippen LogP contribution in [0, 0.1) is 0 Å². The molecule has 0 aliphatic carbocycles. The first-order chi connectivity index (χ1) is 7.83. The number of likely N-dealkylation sites (tertiary alicyclic amines) is 1. The van der Waals surface area contributed by atoms with Crippen molar-refractivity contribution in [3.05, 3.63) is 42.0 Å². The molecule has 1 aliphatic rings. The Bertz CT molecular complexity index is 344. The van der Waals surface area contributed by atoms with Crippen molar-refractivity contribution in [1.82, 2.24) is 4.90 Å². The van der Waals surface area contributed by atoms with Gasteiger partial charge < -0.3 is 5.11 Å². The molecule has 0 bridgehead atoms. The summed E-state index contributed by atoms with van der Waals surface area (Å²) in [5, 5.41) is 9.24. The maximum absolute atomic E-state index is 9.24. The molecule has 1 aliphatic heterocycles. The van der Waals surface area contributed by atoms with Gasteiger partial charge in [0.05, 0.1) is 6.61 Å². The largest absolute Gasteiger partial charge is 0.395 e. The molecule has 2 nitrogen and oxygen atoms in total. The molecule has 1 heterocycles. The van der Waals surface area contributed by atoms with E-state index in [1.165, 1.54) is 12.0 Å². The number of nitrogens with zero attached hydrogens (tertiary/aromatic N) is 1. The zero-order valence-electron chi connectivity index (χ0n) is 9.60. The molecule has 86 valence electrons. The van der Waals surface area contributed by atoms with Crippen LogP contribution in [0.1, 0.15) is 24.0 Å². The lowest BCUT2D eigenvalue weighted by molar-refractivity contribution is 0.153. The Morgan fingerprint density at radius 3 is 2.75 bits per heavy atom. The van der Waals surface area contributed by atoms with Crippen molar-refractivity contribution in [2.45, 2.75) is 25.4 Å². The molecule has 0 unspecified atom stereocenters. The molecular formula is C14H19NO. The second-order valence-electron chi connectivity index (χ2n) is 4.39. The van der Waals surface area contributed by atoms with Gasteiger partial charge in [0.15, 0.2) is 0 Å². The number of aliphatic hydroxyl groups excluding tert-OH is 1. The van der Waals surface area contributed by atoms with Gasteiger partial charge >= 0.3 is 0 Å². The van der Waals surface area contributed by atoms with Crippen molar-refractivity contribution in [3.8, 4) is 0 Å². The van der Waals surface area contributed by atoms with Gasteiger partial charge in [-0.15, -0.1) is 0 Å². The van der Waals surface area contributed by atoms with Gasteiger partial charge in [0.1, 0.15) is 0 Å². The van der Waals surface area contributed by atoms with E-state index < -0.39 is 0 Å². The molecule has 1 aromatic rings. The first kappa shape index (κ1) is 11.4. The Labute approximate surface area is 97.2 Å². The lowest BCUT2D eigenvalue weighted by Gasteiger charge is -2.22. The van der Waals surface area contributed by atoms with E-state index in [1.54, 1.807) is 0 Å². The van der Waals surface area contributed by atoms with Crippen molar-refractivity contribution < 1.29 is 5.11 Å².